The van der Waals surface area contributed by atoms with E-state index in [2.05, 4.69) is 30.8 Å². The number of rotatable bonds is 7. The van der Waals surface area contributed by atoms with E-state index < -0.39 is 10.0 Å². The van der Waals surface area contributed by atoms with Crippen LogP contribution in [-0.4, -0.2) is 21.0 Å². The molecule has 0 saturated carbocycles. The average molecular weight is 299 g/mol. The van der Waals surface area contributed by atoms with E-state index in [-0.39, 0.29) is 10.4 Å². The van der Waals surface area contributed by atoms with Crippen LogP contribution in [0.25, 0.3) is 0 Å². The van der Waals surface area contributed by atoms with E-state index in [0.29, 0.717) is 11.4 Å². The molecular weight excluding hydrogens is 274 g/mol. The third kappa shape index (κ3) is 3.43. The first-order valence-electron chi connectivity index (χ1n) is 6.95. The average Bonchev–Trinajstić information content (AvgIpc) is 2.46. The van der Waals surface area contributed by atoms with Gasteiger partial charge < -0.3 is 11.1 Å². The first-order chi connectivity index (χ1) is 9.34. The second kappa shape index (κ2) is 6.45. The molecule has 4 N–H and O–H groups in total. The molecule has 0 aromatic heterocycles. The minimum Gasteiger partial charge on any atom is -0.399 e. The maximum absolute atomic E-state index is 12.1. The van der Waals surface area contributed by atoms with E-state index in [1.165, 1.54) is 13.1 Å². The topological polar surface area (TPSA) is 84.2 Å². The zero-order valence-corrected chi connectivity index (χ0v) is 13.5. The number of benzene rings is 1. The normalized spacial score (nSPS) is 12.4. The lowest BCUT2D eigenvalue weighted by Crippen LogP contribution is -2.37. The Balaban J connectivity index is 3.32. The van der Waals surface area contributed by atoms with Crippen LogP contribution in [0.5, 0.6) is 0 Å². The Kier molecular flexibility index (Phi) is 5.42. The van der Waals surface area contributed by atoms with Crippen molar-refractivity contribution in [3.05, 3.63) is 18.2 Å². The molecule has 0 spiro atoms. The summed E-state index contributed by atoms with van der Waals surface area (Å²) < 4.78 is 26.6. The maximum Gasteiger partial charge on any atom is 0.242 e. The molecule has 114 valence electrons. The van der Waals surface area contributed by atoms with Gasteiger partial charge in [-0.2, -0.15) is 0 Å². The fourth-order valence-corrected chi connectivity index (χ4v) is 3.20. The standard InChI is InChI=1S/C14H25N3O2S/c1-5-14(6-2,7-3)17-12-9-8-11(15)10-13(12)20(18,19)16-4/h8-10,16-17H,5-7,15H2,1-4H3. The fourth-order valence-electron chi connectivity index (χ4n) is 2.28. The summed E-state index contributed by atoms with van der Waals surface area (Å²) in [5.74, 6) is 0. The smallest absolute Gasteiger partial charge is 0.242 e. The summed E-state index contributed by atoms with van der Waals surface area (Å²) in [7, 11) is -2.14. The molecule has 0 saturated heterocycles. The van der Waals surface area contributed by atoms with Gasteiger partial charge >= 0.3 is 0 Å². The van der Waals surface area contributed by atoms with Gasteiger partial charge in [0.1, 0.15) is 4.90 Å². The lowest BCUT2D eigenvalue weighted by Gasteiger charge is -2.33. The van der Waals surface area contributed by atoms with Crippen molar-refractivity contribution in [2.45, 2.75) is 50.5 Å². The van der Waals surface area contributed by atoms with Crippen molar-refractivity contribution in [3.8, 4) is 0 Å². The molecule has 0 aliphatic carbocycles. The Bertz CT molecular complexity index is 543. The number of hydrogen-bond acceptors (Lipinski definition) is 4. The Morgan fingerprint density at radius 3 is 2.15 bits per heavy atom. The van der Waals surface area contributed by atoms with E-state index >= 15 is 0 Å². The summed E-state index contributed by atoms with van der Waals surface area (Å²) in [6, 6.07) is 4.93. The Hall–Kier alpha value is -1.27. The van der Waals surface area contributed by atoms with Gasteiger partial charge in [0.25, 0.3) is 0 Å². The number of anilines is 2. The molecule has 0 aliphatic heterocycles. The first kappa shape index (κ1) is 16.8. The van der Waals surface area contributed by atoms with Gasteiger partial charge in [0.2, 0.25) is 10.0 Å². The Morgan fingerprint density at radius 2 is 1.70 bits per heavy atom. The van der Waals surface area contributed by atoms with Crippen LogP contribution in [0.15, 0.2) is 23.1 Å². The molecule has 0 aliphatic rings. The van der Waals surface area contributed by atoms with Gasteiger partial charge in [-0.25, -0.2) is 13.1 Å². The first-order valence-corrected chi connectivity index (χ1v) is 8.43. The largest absolute Gasteiger partial charge is 0.399 e. The highest BCUT2D eigenvalue weighted by Crippen LogP contribution is 2.30. The molecule has 0 radical (unpaired) electrons. The van der Waals surface area contributed by atoms with E-state index in [9.17, 15) is 8.42 Å². The van der Waals surface area contributed by atoms with Gasteiger partial charge in [-0.05, 0) is 44.5 Å². The molecule has 1 aromatic rings. The number of sulfonamides is 1. The van der Waals surface area contributed by atoms with Crippen LogP contribution < -0.4 is 15.8 Å². The fraction of sp³-hybridized carbons (Fsp3) is 0.571. The molecule has 0 unspecified atom stereocenters. The van der Waals surface area contributed by atoms with Crippen molar-refractivity contribution in [1.29, 1.82) is 0 Å². The SMILES string of the molecule is CCC(CC)(CC)Nc1ccc(N)cc1S(=O)(=O)NC. The van der Waals surface area contributed by atoms with E-state index in [0.717, 1.165) is 19.3 Å². The van der Waals surface area contributed by atoms with E-state index in [4.69, 9.17) is 5.73 Å². The highest BCUT2D eigenvalue weighted by atomic mass is 32.2. The highest BCUT2D eigenvalue weighted by Gasteiger charge is 2.26. The maximum atomic E-state index is 12.1. The molecule has 0 fully saturated rings. The van der Waals surface area contributed by atoms with Crippen molar-refractivity contribution >= 4 is 21.4 Å². The molecule has 0 amide bonds. The van der Waals surface area contributed by atoms with Crippen molar-refractivity contribution in [3.63, 3.8) is 0 Å². The zero-order valence-electron chi connectivity index (χ0n) is 12.7. The minimum absolute atomic E-state index is 0.103. The van der Waals surface area contributed by atoms with Crippen LogP contribution in [0.1, 0.15) is 40.0 Å². The van der Waals surface area contributed by atoms with Crippen LogP contribution in [0.4, 0.5) is 11.4 Å². The Morgan fingerprint density at radius 1 is 1.15 bits per heavy atom. The molecule has 1 aromatic carbocycles. The highest BCUT2D eigenvalue weighted by molar-refractivity contribution is 7.89. The van der Waals surface area contributed by atoms with Crippen molar-refractivity contribution in [2.24, 2.45) is 0 Å². The molecule has 6 heteroatoms. The van der Waals surface area contributed by atoms with Crippen LogP contribution in [0.3, 0.4) is 0 Å². The minimum atomic E-state index is -3.54. The molecule has 0 bridgehead atoms. The summed E-state index contributed by atoms with van der Waals surface area (Å²) in [6.07, 6.45) is 2.76. The van der Waals surface area contributed by atoms with Crippen LogP contribution in [0.2, 0.25) is 0 Å². The summed E-state index contributed by atoms with van der Waals surface area (Å²) >= 11 is 0. The van der Waals surface area contributed by atoms with Gasteiger partial charge in [0.05, 0.1) is 5.69 Å². The summed E-state index contributed by atoms with van der Waals surface area (Å²) in [6.45, 7) is 6.30. The van der Waals surface area contributed by atoms with Crippen LogP contribution >= 0.6 is 0 Å². The van der Waals surface area contributed by atoms with E-state index in [1.807, 2.05) is 0 Å². The van der Waals surface area contributed by atoms with Gasteiger partial charge in [0.15, 0.2) is 0 Å². The van der Waals surface area contributed by atoms with Crippen molar-refractivity contribution < 1.29 is 8.42 Å². The molecule has 5 nitrogen and oxygen atoms in total. The quantitative estimate of drug-likeness (QED) is 0.676. The predicted octanol–water partition coefficient (Wildman–Crippen LogP) is 2.56. The molecule has 0 atom stereocenters. The van der Waals surface area contributed by atoms with Gasteiger partial charge in [-0.3, -0.25) is 0 Å². The van der Waals surface area contributed by atoms with Crippen molar-refractivity contribution in [1.82, 2.24) is 4.72 Å². The summed E-state index contributed by atoms with van der Waals surface area (Å²) in [5, 5.41) is 3.40. The summed E-state index contributed by atoms with van der Waals surface area (Å²) in [5.41, 5.74) is 6.64. The number of nitrogen functional groups attached to an aromatic ring is 1. The van der Waals surface area contributed by atoms with Crippen LogP contribution in [0, 0.1) is 0 Å². The van der Waals surface area contributed by atoms with Gasteiger partial charge in [-0.15, -0.1) is 0 Å². The lowest BCUT2D eigenvalue weighted by atomic mass is 9.89. The van der Waals surface area contributed by atoms with Crippen molar-refractivity contribution in [2.75, 3.05) is 18.1 Å². The van der Waals surface area contributed by atoms with Gasteiger partial charge in [-0.1, -0.05) is 20.8 Å². The molecule has 20 heavy (non-hydrogen) atoms. The second-order valence-corrected chi connectivity index (χ2v) is 6.78. The lowest BCUT2D eigenvalue weighted by molar-refractivity contribution is 0.419. The zero-order chi connectivity index (χ0) is 15.4. The third-order valence-corrected chi connectivity index (χ3v) is 5.45. The second-order valence-electron chi connectivity index (χ2n) is 4.93. The van der Waals surface area contributed by atoms with Gasteiger partial charge in [0, 0.05) is 11.2 Å². The Labute approximate surface area is 122 Å². The molecule has 1 rings (SSSR count). The molecular formula is C14H25N3O2S. The molecule has 0 heterocycles. The summed E-state index contributed by atoms with van der Waals surface area (Å²) in [4.78, 5) is 0.194. The van der Waals surface area contributed by atoms with Crippen LogP contribution in [-0.2, 0) is 10.0 Å². The monoisotopic (exact) mass is 299 g/mol. The predicted molar refractivity (Wildman–Crippen MR) is 84.3 cm³/mol. The van der Waals surface area contributed by atoms with E-state index in [1.54, 1.807) is 12.1 Å². The number of nitrogens with one attached hydrogen (secondary N) is 2. The third-order valence-electron chi connectivity index (χ3n) is 3.99. The number of hydrogen-bond donors (Lipinski definition) is 3. The number of nitrogens with two attached hydrogens (primary N) is 1.